The zero-order chi connectivity index (χ0) is 17.8. The van der Waals surface area contributed by atoms with Crippen LogP contribution in [-0.4, -0.2) is 50.2 Å². The fourth-order valence-electron chi connectivity index (χ4n) is 2.77. The van der Waals surface area contributed by atoms with Crippen molar-refractivity contribution in [2.75, 3.05) is 25.0 Å². The van der Waals surface area contributed by atoms with E-state index in [9.17, 15) is 4.79 Å². The summed E-state index contributed by atoms with van der Waals surface area (Å²) in [4.78, 5) is 19.3. The Morgan fingerprint density at radius 3 is 2.76 bits per heavy atom. The second kappa shape index (κ2) is 7.67. The van der Waals surface area contributed by atoms with Crippen LogP contribution in [0.4, 0.5) is 5.95 Å². The van der Waals surface area contributed by atoms with Gasteiger partial charge < -0.3 is 9.47 Å². The third-order valence-electron chi connectivity index (χ3n) is 4.23. The number of rotatable bonds is 7. The van der Waals surface area contributed by atoms with Crippen LogP contribution in [0.15, 0.2) is 30.5 Å². The number of aromatic nitrogens is 4. The summed E-state index contributed by atoms with van der Waals surface area (Å²) in [5.41, 5.74) is 2.05. The van der Waals surface area contributed by atoms with Crippen molar-refractivity contribution in [2.45, 2.75) is 20.4 Å². The molecule has 2 N–H and O–H groups in total. The van der Waals surface area contributed by atoms with Crippen LogP contribution in [0, 0.1) is 0 Å². The SMILES string of the molecule is CCN(CC)CCn1c(NC(=O)c2[nH]ncc2Cl)nc2ccccc21. The Balaban J connectivity index is 1.89. The van der Waals surface area contributed by atoms with Crippen molar-refractivity contribution in [3.63, 3.8) is 0 Å². The molecule has 7 nitrogen and oxygen atoms in total. The first-order valence-electron chi connectivity index (χ1n) is 8.31. The third-order valence-corrected chi connectivity index (χ3v) is 4.52. The van der Waals surface area contributed by atoms with Crippen LogP contribution >= 0.6 is 11.6 Å². The minimum absolute atomic E-state index is 0.226. The molecule has 1 amide bonds. The molecule has 0 unspecified atom stereocenters. The van der Waals surface area contributed by atoms with Gasteiger partial charge in [0.1, 0.15) is 5.69 Å². The second-order valence-corrected chi connectivity index (χ2v) is 6.06. The Hall–Kier alpha value is -2.38. The van der Waals surface area contributed by atoms with Gasteiger partial charge in [0.2, 0.25) is 5.95 Å². The quantitative estimate of drug-likeness (QED) is 0.678. The maximum Gasteiger partial charge on any atom is 0.277 e. The summed E-state index contributed by atoms with van der Waals surface area (Å²) in [5.74, 6) is 0.144. The predicted octanol–water partition coefficient (Wildman–Crippen LogP) is 3.01. The average molecular weight is 361 g/mol. The van der Waals surface area contributed by atoms with Gasteiger partial charge in [0, 0.05) is 13.1 Å². The Morgan fingerprint density at radius 2 is 2.08 bits per heavy atom. The Bertz CT molecular complexity index is 867. The van der Waals surface area contributed by atoms with Gasteiger partial charge in [0.05, 0.1) is 22.3 Å². The van der Waals surface area contributed by atoms with Crippen molar-refractivity contribution in [1.82, 2.24) is 24.6 Å². The first-order valence-corrected chi connectivity index (χ1v) is 8.69. The molecule has 2 aromatic heterocycles. The largest absolute Gasteiger partial charge is 0.309 e. The molecule has 0 saturated carbocycles. The molecule has 0 saturated heterocycles. The van der Waals surface area contributed by atoms with Crippen molar-refractivity contribution in [1.29, 1.82) is 0 Å². The highest BCUT2D eigenvalue weighted by Gasteiger charge is 2.17. The number of hydrogen-bond acceptors (Lipinski definition) is 4. The molecule has 3 rings (SSSR count). The van der Waals surface area contributed by atoms with Gasteiger partial charge in [-0.15, -0.1) is 0 Å². The highest BCUT2D eigenvalue weighted by atomic mass is 35.5. The molecule has 0 aliphatic rings. The summed E-state index contributed by atoms with van der Waals surface area (Å²) in [6, 6.07) is 7.84. The lowest BCUT2D eigenvalue weighted by molar-refractivity contribution is 0.102. The molecule has 0 aliphatic carbocycles. The number of carbonyl (C=O) groups excluding carboxylic acids is 1. The molecule has 3 aromatic rings. The van der Waals surface area contributed by atoms with Gasteiger partial charge in [0.25, 0.3) is 5.91 Å². The van der Waals surface area contributed by atoms with E-state index in [1.165, 1.54) is 6.20 Å². The third kappa shape index (κ3) is 3.67. The van der Waals surface area contributed by atoms with E-state index in [4.69, 9.17) is 11.6 Å². The number of aromatic amines is 1. The number of nitrogens with one attached hydrogen (secondary N) is 2. The Morgan fingerprint density at radius 1 is 1.32 bits per heavy atom. The average Bonchev–Trinajstić information content (AvgIpc) is 3.19. The van der Waals surface area contributed by atoms with Crippen LogP contribution in [-0.2, 0) is 6.54 Å². The monoisotopic (exact) mass is 360 g/mol. The minimum atomic E-state index is -0.359. The topological polar surface area (TPSA) is 78.8 Å². The van der Waals surface area contributed by atoms with E-state index in [1.54, 1.807) is 0 Å². The van der Waals surface area contributed by atoms with E-state index in [-0.39, 0.29) is 16.6 Å². The summed E-state index contributed by atoms with van der Waals surface area (Å²) in [5, 5.41) is 9.51. The minimum Gasteiger partial charge on any atom is -0.309 e. The molecule has 0 spiro atoms. The van der Waals surface area contributed by atoms with Gasteiger partial charge in [-0.3, -0.25) is 15.2 Å². The summed E-state index contributed by atoms with van der Waals surface area (Å²) >= 11 is 5.97. The smallest absolute Gasteiger partial charge is 0.277 e. The summed E-state index contributed by atoms with van der Waals surface area (Å²) in [6.07, 6.45) is 1.40. The molecule has 0 radical (unpaired) electrons. The number of para-hydroxylation sites is 2. The Labute approximate surface area is 151 Å². The van der Waals surface area contributed by atoms with Crippen LogP contribution < -0.4 is 5.32 Å². The molecule has 8 heteroatoms. The summed E-state index contributed by atoms with van der Waals surface area (Å²) in [6.45, 7) is 7.84. The number of benzene rings is 1. The maximum atomic E-state index is 12.4. The van der Waals surface area contributed by atoms with Crippen LogP contribution in [0.2, 0.25) is 5.02 Å². The van der Waals surface area contributed by atoms with E-state index in [1.807, 2.05) is 28.8 Å². The number of anilines is 1. The number of likely N-dealkylation sites (N-methyl/N-ethyl adjacent to an activating group) is 1. The van der Waals surface area contributed by atoms with Crippen LogP contribution in [0.25, 0.3) is 11.0 Å². The van der Waals surface area contributed by atoms with E-state index in [0.29, 0.717) is 5.95 Å². The van der Waals surface area contributed by atoms with Crippen molar-refractivity contribution in [3.05, 3.63) is 41.2 Å². The number of hydrogen-bond donors (Lipinski definition) is 2. The number of amides is 1. The van der Waals surface area contributed by atoms with Gasteiger partial charge in [0.15, 0.2) is 0 Å². The van der Waals surface area contributed by atoms with Crippen molar-refractivity contribution in [3.8, 4) is 0 Å². The highest BCUT2D eigenvalue weighted by Crippen LogP contribution is 2.21. The zero-order valence-electron chi connectivity index (χ0n) is 14.3. The van der Waals surface area contributed by atoms with Crippen molar-refractivity contribution < 1.29 is 4.79 Å². The normalized spacial score (nSPS) is 11.4. The van der Waals surface area contributed by atoms with E-state index in [2.05, 4.69) is 39.2 Å². The fourth-order valence-corrected chi connectivity index (χ4v) is 2.95. The van der Waals surface area contributed by atoms with Gasteiger partial charge in [-0.2, -0.15) is 5.10 Å². The van der Waals surface area contributed by atoms with Gasteiger partial charge in [-0.25, -0.2) is 4.98 Å². The molecular formula is C17H21ClN6O. The zero-order valence-corrected chi connectivity index (χ0v) is 15.0. The van der Waals surface area contributed by atoms with Gasteiger partial charge in [-0.1, -0.05) is 37.6 Å². The molecule has 0 aliphatic heterocycles. The molecule has 0 atom stereocenters. The Kier molecular flexibility index (Phi) is 5.35. The van der Waals surface area contributed by atoms with E-state index in [0.717, 1.165) is 37.2 Å². The second-order valence-electron chi connectivity index (χ2n) is 5.65. The number of nitrogens with zero attached hydrogens (tertiary/aromatic N) is 4. The molecule has 1 aromatic carbocycles. The first kappa shape index (κ1) is 17.4. The lowest BCUT2D eigenvalue weighted by Crippen LogP contribution is -2.27. The standard InChI is InChI=1S/C17H21ClN6O/c1-3-23(4-2)9-10-24-14-8-6-5-7-13(14)20-17(24)21-16(25)15-12(18)11-19-22-15/h5-8,11H,3-4,9-10H2,1-2H3,(H,19,22)(H,20,21,25). The molecule has 132 valence electrons. The lowest BCUT2D eigenvalue weighted by Gasteiger charge is -2.19. The molecule has 0 fully saturated rings. The summed E-state index contributed by atoms with van der Waals surface area (Å²) in [7, 11) is 0. The maximum absolute atomic E-state index is 12.4. The number of fused-ring (bicyclic) bond motifs is 1. The number of carbonyl (C=O) groups is 1. The van der Waals surface area contributed by atoms with Crippen molar-refractivity contribution in [2.24, 2.45) is 0 Å². The van der Waals surface area contributed by atoms with Crippen LogP contribution in [0.5, 0.6) is 0 Å². The highest BCUT2D eigenvalue weighted by molar-refractivity contribution is 6.34. The van der Waals surface area contributed by atoms with Crippen molar-refractivity contribution >= 4 is 34.5 Å². The molecule has 25 heavy (non-hydrogen) atoms. The fraction of sp³-hybridized carbons (Fsp3) is 0.353. The summed E-state index contributed by atoms with van der Waals surface area (Å²) < 4.78 is 2.02. The predicted molar refractivity (Wildman–Crippen MR) is 99.1 cm³/mol. The van der Waals surface area contributed by atoms with Crippen LogP contribution in [0.3, 0.4) is 0 Å². The van der Waals surface area contributed by atoms with Gasteiger partial charge >= 0.3 is 0 Å². The number of imidazole rings is 1. The molecule has 0 bridgehead atoms. The number of halogens is 1. The molecular weight excluding hydrogens is 340 g/mol. The lowest BCUT2D eigenvalue weighted by atomic mass is 10.3. The number of H-pyrrole nitrogens is 1. The van der Waals surface area contributed by atoms with Gasteiger partial charge in [-0.05, 0) is 25.2 Å². The van der Waals surface area contributed by atoms with E-state index >= 15 is 0 Å². The van der Waals surface area contributed by atoms with E-state index < -0.39 is 0 Å². The van der Waals surface area contributed by atoms with Crippen LogP contribution in [0.1, 0.15) is 24.3 Å². The molecule has 2 heterocycles. The first-order chi connectivity index (χ1) is 12.1.